The highest BCUT2D eigenvalue weighted by atomic mass is 16.5. The molecule has 164 valence electrons. The summed E-state index contributed by atoms with van der Waals surface area (Å²) in [5.41, 5.74) is 4.51. The lowest BCUT2D eigenvalue weighted by atomic mass is 9.96. The Kier molecular flexibility index (Phi) is 6.48. The van der Waals surface area contributed by atoms with Crippen molar-refractivity contribution in [3.8, 4) is 0 Å². The van der Waals surface area contributed by atoms with E-state index in [-0.39, 0.29) is 5.56 Å². The molecular weight excluding hydrogens is 392 g/mol. The van der Waals surface area contributed by atoms with Crippen LogP contribution in [0, 0.1) is 5.92 Å². The molecule has 8 heteroatoms. The molecule has 2 aromatic heterocycles. The van der Waals surface area contributed by atoms with Gasteiger partial charge in [-0.05, 0) is 36.9 Å². The molecule has 0 saturated carbocycles. The van der Waals surface area contributed by atoms with Crippen LogP contribution in [0.2, 0.25) is 0 Å². The summed E-state index contributed by atoms with van der Waals surface area (Å²) in [5.74, 6) is 0.678. The zero-order valence-electron chi connectivity index (χ0n) is 18.2. The third-order valence-electron chi connectivity index (χ3n) is 6.24. The lowest BCUT2D eigenvalue weighted by molar-refractivity contribution is 0.0705. The second-order valence-electron chi connectivity index (χ2n) is 8.25. The van der Waals surface area contributed by atoms with Crippen molar-refractivity contribution in [3.05, 3.63) is 54.0 Å². The molecule has 1 aliphatic rings. The van der Waals surface area contributed by atoms with Gasteiger partial charge in [-0.3, -0.25) is 14.9 Å². The smallest absolute Gasteiger partial charge is 0.277 e. The molecule has 1 aromatic carbocycles. The van der Waals surface area contributed by atoms with E-state index in [0.29, 0.717) is 11.9 Å². The minimum absolute atomic E-state index is 0.244. The second kappa shape index (κ2) is 9.45. The van der Waals surface area contributed by atoms with E-state index in [1.807, 2.05) is 0 Å². The van der Waals surface area contributed by atoms with E-state index in [2.05, 4.69) is 68.8 Å². The minimum Gasteiger partial charge on any atom is -0.350 e. The summed E-state index contributed by atoms with van der Waals surface area (Å²) in [4.78, 5) is 24.7. The summed E-state index contributed by atoms with van der Waals surface area (Å²) in [7, 11) is 2.11. The summed E-state index contributed by atoms with van der Waals surface area (Å²) >= 11 is 0. The summed E-state index contributed by atoms with van der Waals surface area (Å²) in [6.45, 7) is 7.13. The van der Waals surface area contributed by atoms with Crippen LogP contribution in [-0.2, 0) is 13.6 Å². The van der Waals surface area contributed by atoms with Crippen LogP contribution in [0.5, 0.6) is 0 Å². The van der Waals surface area contributed by atoms with Gasteiger partial charge >= 0.3 is 0 Å². The van der Waals surface area contributed by atoms with Crippen molar-refractivity contribution < 1.29 is 10.0 Å². The molecule has 4 rings (SSSR count). The fraction of sp³-hybridized carbons (Fsp3) is 0.435. The number of fused-ring (bicyclic) bond motifs is 1. The standard InChI is InChI=1S/C23H30N6O2/c1-3-28(16-19-15-27(2)21-7-5-4-6-20(19)21)14-17-8-10-29(11-9-17)23-24-12-18(13-25-23)22(30)26-31/h4-7,12-13,15,17,31H,3,8-11,14,16H2,1-2H3,(H,26,30). The molecule has 0 atom stereocenters. The Balaban J connectivity index is 1.33. The maximum Gasteiger partial charge on any atom is 0.277 e. The predicted octanol–water partition coefficient (Wildman–Crippen LogP) is 2.83. The van der Waals surface area contributed by atoms with E-state index in [1.165, 1.54) is 28.9 Å². The first-order valence-electron chi connectivity index (χ1n) is 10.9. The van der Waals surface area contributed by atoms with Crippen molar-refractivity contribution in [2.45, 2.75) is 26.3 Å². The van der Waals surface area contributed by atoms with Crippen molar-refractivity contribution in [3.63, 3.8) is 0 Å². The third kappa shape index (κ3) is 4.70. The second-order valence-corrected chi connectivity index (χ2v) is 8.25. The predicted molar refractivity (Wildman–Crippen MR) is 120 cm³/mol. The van der Waals surface area contributed by atoms with Crippen LogP contribution < -0.4 is 10.4 Å². The highest BCUT2D eigenvalue weighted by Crippen LogP contribution is 2.25. The number of para-hydroxylation sites is 1. The number of nitrogens with one attached hydrogen (secondary N) is 1. The van der Waals surface area contributed by atoms with Crippen LogP contribution in [0.15, 0.2) is 42.9 Å². The van der Waals surface area contributed by atoms with Gasteiger partial charge in [-0.2, -0.15) is 0 Å². The molecule has 31 heavy (non-hydrogen) atoms. The first-order chi connectivity index (χ1) is 15.1. The van der Waals surface area contributed by atoms with E-state index in [0.717, 1.165) is 45.6 Å². The summed E-state index contributed by atoms with van der Waals surface area (Å²) in [6, 6.07) is 8.60. The van der Waals surface area contributed by atoms with Crippen molar-refractivity contribution in [2.75, 3.05) is 31.1 Å². The topological polar surface area (TPSA) is 86.5 Å². The Morgan fingerprint density at radius 2 is 1.94 bits per heavy atom. The van der Waals surface area contributed by atoms with Crippen LogP contribution in [0.4, 0.5) is 5.95 Å². The summed E-state index contributed by atoms with van der Waals surface area (Å²) in [6.07, 6.45) is 7.34. The number of hydrogen-bond acceptors (Lipinski definition) is 6. The molecule has 2 N–H and O–H groups in total. The normalized spacial score (nSPS) is 15.0. The number of hydroxylamine groups is 1. The number of aryl methyl sites for hydroxylation is 1. The highest BCUT2D eigenvalue weighted by Gasteiger charge is 2.23. The number of carbonyl (C=O) groups is 1. The van der Waals surface area contributed by atoms with Crippen LogP contribution in [0.3, 0.4) is 0 Å². The molecular formula is C23H30N6O2. The zero-order chi connectivity index (χ0) is 21.8. The number of rotatable bonds is 7. The number of carbonyl (C=O) groups excluding carboxylic acids is 1. The average Bonchev–Trinajstić information content (AvgIpc) is 3.14. The molecule has 0 spiro atoms. The number of aromatic nitrogens is 3. The molecule has 0 unspecified atom stereocenters. The number of hydrogen-bond donors (Lipinski definition) is 2. The van der Waals surface area contributed by atoms with Gasteiger partial charge in [-0.15, -0.1) is 0 Å². The molecule has 1 fully saturated rings. The van der Waals surface area contributed by atoms with Gasteiger partial charge in [0.15, 0.2) is 0 Å². The van der Waals surface area contributed by atoms with Crippen LogP contribution >= 0.6 is 0 Å². The Hall–Kier alpha value is -2.97. The van der Waals surface area contributed by atoms with E-state index < -0.39 is 5.91 Å². The molecule has 1 saturated heterocycles. The van der Waals surface area contributed by atoms with Crippen molar-refractivity contribution in [2.24, 2.45) is 13.0 Å². The van der Waals surface area contributed by atoms with Gasteiger partial charge in [0.25, 0.3) is 5.91 Å². The quantitative estimate of drug-likeness (QED) is 0.450. The molecule has 0 aliphatic carbocycles. The van der Waals surface area contributed by atoms with Crippen LogP contribution in [-0.4, -0.2) is 56.7 Å². The van der Waals surface area contributed by atoms with Gasteiger partial charge in [0.05, 0.1) is 5.56 Å². The van der Waals surface area contributed by atoms with Crippen molar-refractivity contribution in [1.82, 2.24) is 24.9 Å². The number of piperidine rings is 1. The molecule has 1 amide bonds. The third-order valence-corrected chi connectivity index (χ3v) is 6.24. The monoisotopic (exact) mass is 422 g/mol. The molecule has 0 radical (unpaired) electrons. The summed E-state index contributed by atoms with van der Waals surface area (Å²) < 4.78 is 2.21. The van der Waals surface area contributed by atoms with Crippen molar-refractivity contribution >= 4 is 22.8 Å². The molecule has 8 nitrogen and oxygen atoms in total. The summed E-state index contributed by atoms with van der Waals surface area (Å²) in [5, 5.41) is 10.0. The maximum atomic E-state index is 11.4. The zero-order valence-corrected chi connectivity index (χ0v) is 18.2. The average molecular weight is 423 g/mol. The van der Waals surface area contributed by atoms with E-state index >= 15 is 0 Å². The Bertz CT molecular complexity index is 1020. The number of amides is 1. The van der Waals surface area contributed by atoms with Crippen molar-refractivity contribution in [1.29, 1.82) is 0 Å². The number of anilines is 1. The van der Waals surface area contributed by atoms with Gasteiger partial charge in [-0.1, -0.05) is 25.1 Å². The van der Waals surface area contributed by atoms with Gasteiger partial charge < -0.3 is 9.47 Å². The minimum atomic E-state index is -0.601. The molecule has 3 heterocycles. The molecule has 1 aliphatic heterocycles. The Morgan fingerprint density at radius 3 is 2.61 bits per heavy atom. The van der Waals surface area contributed by atoms with Gasteiger partial charge in [-0.25, -0.2) is 15.4 Å². The molecule has 0 bridgehead atoms. The number of benzene rings is 1. The lowest BCUT2D eigenvalue weighted by Gasteiger charge is -2.34. The van der Waals surface area contributed by atoms with Gasteiger partial charge in [0, 0.05) is 62.7 Å². The maximum absolute atomic E-state index is 11.4. The Labute approximate surface area is 182 Å². The van der Waals surface area contributed by atoms with Crippen LogP contribution in [0.25, 0.3) is 10.9 Å². The fourth-order valence-corrected chi connectivity index (χ4v) is 4.44. The first kappa shape index (κ1) is 21.3. The number of nitrogens with zero attached hydrogens (tertiary/aromatic N) is 5. The Morgan fingerprint density at radius 1 is 1.23 bits per heavy atom. The fourth-order valence-electron chi connectivity index (χ4n) is 4.44. The van der Waals surface area contributed by atoms with Gasteiger partial charge in [0.2, 0.25) is 5.95 Å². The van der Waals surface area contributed by atoms with E-state index in [4.69, 9.17) is 5.21 Å². The van der Waals surface area contributed by atoms with E-state index in [9.17, 15) is 4.79 Å². The largest absolute Gasteiger partial charge is 0.350 e. The first-order valence-corrected chi connectivity index (χ1v) is 10.9. The van der Waals surface area contributed by atoms with E-state index in [1.54, 1.807) is 5.48 Å². The van der Waals surface area contributed by atoms with Gasteiger partial charge in [0.1, 0.15) is 0 Å². The molecule has 3 aromatic rings. The van der Waals surface area contributed by atoms with Crippen LogP contribution in [0.1, 0.15) is 35.7 Å². The lowest BCUT2D eigenvalue weighted by Crippen LogP contribution is -2.39. The highest BCUT2D eigenvalue weighted by molar-refractivity contribution is 5.92. The SMILES string of the molecule is CCN(Cc1cn(C)c2ccccc12)CC1CCN(c2ncc(C(=O)NO)cn2)CC1.